The minimum atomic E-state index is -0.0960. The summed E-state index contributed by atoms with van der Waals surface area (Å²) in [7, 11) is 0. The minimum absolute atomic E-state index is 0.0960. The molecule has 2 amide bonds. The van der Waals surface area contributed by atoms with Gasteiger partial charge in [-0.2, -0.15) is 0 Å². The lowest BCUT2D eigenvalue weighted by molar-refractivity contribution is 0.238. The molecule has 0 heterocycles. The molecule has 0 bridgehead atoms. The van der Waals surface area contributed by atoms with Gasteiger partial charge in [0.1, 0.15) is 0 Å². The fraction of sp³-hybridized carbons (Fsp3) is 0.562. The van der Waals surface area contributed by atoms with Crippen LogP contribution < -0.4 is 10.6 Å². The van der Waals surface area contributed by atoms with Crippen LogP contribution in [0.3, 0.4) is 0 Å². The van der Waals surface area contributed by atoms with Gasteiger partial charge in [0.15, 0.2) is 0 Å². The first-order chi connectivity index (χ1) is 8.79. The first kappa shape index (κ1) is 15.5. The summed E-state index contributed by atoms with van der Waals surface area (Å²) in [4.78, 5) is 11.4. The second kappa shape index (κ2) is 6.60. The Morgan fingerprint density at radius 3 is 2.21 bits per heavy atom. The van der Waals surface area contributed by atoms with Crippen LogP contribution in [0.5, 0.6) is 0 Å². The number of rotatable bonds is 4. The Kier molecular flexibility index (Phi) is 5.40. The van der Waals surface area contributed by atoms with Crippen molar-refractivity contribution >= 4 is 6.03 Å². The van der Waals surface area contributed by atoms with Crippen LogP contribution in [-0.4, -0.2) is 18.6 Å². The molecule has 0 atom stereocenters. The van der Waals surface area contributed by atoms with Crippen molar-refractivity contribution in [3.05, 3.63) is 35.4 Å². The maximum absolute atomic E-state index is 11.4. The number of carbonyl (C=O) groups excluding carboxylic acids is 1. The second-order valence-corrected chi connectivity index (χ2v) is 6.25. The van der Waals surface area contributed by atoms with Gasteiger partial charge in [-0.3, -0.25) is 0 Å². The van der Waals surface area contributed by atoms with Gasteiger partial charge in [0.05, 0.1) is 0 Å². The molecule has 0 aromatic heterocycles. The summed E-state index contributed by atoms with van der Waals surface area (Å²) in [5.74, 6) is 0. The zero-order valence-electron chi connectivity index (χ0n) is 12.7. The van der Waals surface area contributed by atoms with E-state index in [0.717, 1.165) is 6.42 Å². The van der Waals surface area contributed by atoms with Gasteiger partial charge < -0.3 is 10.6 Å². The maximum Gasteiger partial charge on any atom is 0.314 e. The largest absolute Gasteiger partial charge is 0.338 e. The topological polar surface area (TPSA) is 41.1 Å². The molecule has 0 aliphatic rings. The number of hydrogen-bond donors (Lipinski definition) is 2. The zero-order valence-corrected chi connectivity index (χ0v) is 12.7. The molecule has 0 spiro atoms. The Balaban J connectivity index is 2.40. The van der Waals surface area contributed by atoms with Gasteiger partial charge >= 0.3 is 6.03 Å². The van der Waals surface area contributed by atoms with Gasteiger partial charge in [-0.05, 0) is 36.8 Å². The average Bonchev–Trinajstić information content (AvgIpc) is 2.27. The normalized spacial score (nSPS) is 11.5. The number of amides is 2. The third kappa shape index (κ3) is 5.77. The molecule has 0 saturated heterocycles. The van der Waals surface area contributed by atoms with Crippen molar-refractivity contribution in [1.29, 1.82) is 0 Å². The van der Waals surface area contributed by atoms with Crippen molar-refractivity contribution in [2.75, 3.05) is 6.54 Å². The third-order valence-electron chi connectivity index (χ3n) is 2.94. The first-order valence-corrected chi connectivity index (χ1v) is 6.93. The smallest absolute Gasteiger partial charge is 0.314 e. The Bertz CT molecular complexity index is 402. The summed E-state index contributed by atoms with van der Waals surface area (Å²) in [6.07, 6.45) is 0.857. The van der Waals surface area contributed by atoms with Crippen LogP contribution in [0, 0.1) is 0 Å². The van der Waals surface area contributed by atoms with Crippen molar-refractivity contribution in [1.82, 2.24) is 10.6 Å². The molecule has 0 fully saturated rings. The molecular weight excluding hydrogens is 236 g/mol. The van der Waals surface area contributed by atoms with E-state index < -0.39 is 0 Å². The quantitative estimate of drug-likeness (QED) is 0.859. The highest BCUT2D eigenvalue weighted by Crippen LogP contribution is 2.22. The monoisotopic (exact) mass is 262 g/mol. The molecule has 0 radical (unpaired) electrons. The fourth-order valence-corrected chi connectivity index (χ4v) is 1.81. The Morgan fingerprint density at radius 1 is 1.16 bits per heavy atom. The number of benzene rings is 1. The lowest BCUT2D eigenvalue weighted by atomic mass is 9.86. The van der Waals surface area contributed by atoms with Crippen molar-refractivity contribution in [2.45, 2.75) is 52.5 Å². The molecule has 0 unspecified atom stereocenters. The standard InChI is InChI=1S/C16H26N2O/c1-12(2)18-15(19)17-11-10-13-6-8-14(9-7-13)16(3,4)5/h6-9,12H,10-11H2,1-5H3,(H2,17,18,19). The summed E-state index contributed by atoms with van der Waals surface area (Å²) in [6.45, 7) is 11.2. The van der Waals surface area contributed by atoms with Gasteiger partial charge in [-0.15, -0.1) is 0 Å². The molecule has 3 nitrogen and oxygen atoms in total. The molecule has 1 aromatic carbocycles. The highest BCUT2D eigenvalue weighted by Gasteiger charge is 2.12. The van der Waals surface area contributed by atoms with E-state index in [2.05, 4.69) is 55.7 Å². The van der Waals surface area contributed by atoms with Crippen LogP contribution >= 0.6 is 0 Å². The summed E-state index contributed by atoms with van der Waals surface area (Å²) in [6, 6.07) is 8.70. The van der Waals surface area contributed by atoms with Crippen molar-refractivity contribution in [3.8, 4) is 0 Å². The predicted octanol–water partition coefficient (Wildman–Crippen LogP) is 3.23. The van der Waals surface area contributed by atoms with Crippen molar-refractivity contribution < 1.29 is 4.79 Å². The van der Waals surface area contributed by atoms with E-state index in [1.165, 1.54) is 11.1 Å². The molecule has 0 aliphatic carbocycles. The van der Waals surface area contributed by atoms with Crippen LogP contribution in [0.25, 0.3) is 0 Å². The van der Waals surface area contributed by atoms with E-state index in [4.69, 9.17) is 0 Å². The lowest BCUT2D eigenvalue weighted by Gasteiger charge is -2.19. The van der Waals surface area contributed by atoms with E-state index >= 15 is 0 Å². The van der Waals surface area contributed by atoms with E-state index in [1.807, 2.05) is 13.8 Å². The summed E-state index contributed by atoms with van der Waals surface area (Å²) < 4.78 is 0. The molecule has 1 rings (SSSR count). The first-order valence-electron chi connectivity index (χ1n) is 6.93. The van der Waals surface area contributed by atoms with E-state index in [0.29, 0.717) is 6.54 Å². The number of nitrogens with one attached hydrogen (secondary N) is 2. The Morgan fingerprint density at radius 2 is 1.74 bits per heavy atom. The zero-order chi connectivity index (χ0) is 14.5. The Labute approximate surface area is 116 Å². The summed E-state index contributed by atoms with van der Waals surface area (Å²) in [5, 5.41) is 5.67. The van der Waals surface area contributed by atoms with Gasteiger partial charge in [-0.25, -0.2) is 4.79 Å². The summed E-state index contributed by atoms with van der Waals surface area (Å²) in [5.41, 5.74) is 2.77. The van der Waals surface area contributed by atoms with Gasteiger partial charge in [0, 0.05) is 12.6 Å². The van der Waals surface area contributed by atoms with E-state index in [-0.39, 0.29) is 17.5 Å². The number of carbonyl (C=O) groups is 1. The summed E-state index contributed by atoms with van der Waals surface area (Å²) >= 11 is 0. The fourth-order valence-electron chi connectivity index (χ4n) is 1.81. The molecule has 106 valence electrons. The highest BCUT2D eigenvalue weighted by atomic mass is 16.2. The van der Waals surface area contributed by atoms with Crippen molar-refractivity contribution in [2.24, 2.45) is 0 Å². The Hall–Kier alpha value is -1.51. The van der Waals surface area contributed by atoms with Gasteiger partial charge in [0.2, 0.25) is 0 Å². The minimum Gasteiger partial charge on any atom is -0.338 e. The average molecular weight is 262 g/mol. The van der Waals surface area contributed by atoms with Crippen LogP contribution in [0.1, 0.15) is 45.7 Å². The molecule has 0 saturated carbocycles. The predicted molar refractivity (Wildman–Crippen MR) is 80.5 cm³/mol. The van der Waals surface area contributed by atoms with Gasteiger partial charge in [-0.1, -0.05) is 45.0 Å². The van der Waals surface area contributed by atoms with E-state index in [9.17, 15) is 4.79 Å². The van der Waals surface area contributed by atoms with Crippen LogP contribution in [-0.2, 0) is 11.8 Å². The molecule has 1 aromatic rings. The molecule has 0 aliphatic heterocycles. The molecule has 2 N–H and O–H groups in total. The van der Waals surface area contributed by atoms with E-state index in [1.54, 1.807) is 0 Å². The van der Waals surface area contributed by atoms with Crippen molar-refractivity contribution in [3.63, 3.8) is 0 Å². The van der Waals surface area contributed by atoms with Crippen LogP contribution in [0.4, 0.5) is 4.79 Å². The lowest BCUT2D eigenvalue weighted by Crippen LogP contribution is -2.40. The molecular formula is C16H26N2O. The SMILES string of the molecule is CC(C)NC(=O)NCCc1ccc(C(C)(C)C)cc1. The molecule has 3 heteroatoms. The number of urea groups is 1. The van der Waals surface area contributed by atoms with Crippen LogP contribution in [0.15, 0.2) is 24.3 Å². The maximum atomic E-state index is 11.4. The second-order valence-electron chi connectivity index (χ2n) is 6.25. The van der Waals surface area contributed by atoms with Gasteiger partial charge in [0.25, 0.3) is 0 Å². The molecule has 19 heavy (non-hydrogen) atoms. The highest BCUT2D eigenvalue weighted by molar-refractivity contribution is 5.74. The number of hydrogen-bond acceptors (Lipinski definition) is 1. The van der Waals surface area contributed by atoms with Crippen LogP contribution in [0.2, 0.25) is 0 Å². The third-order valence-corrected chi connectivity index (χ3v) is 2.94.